The lowest BCUT2D eigenvalue weighted by Gasteiger charge is -2.11. The molecular formula is C18H15N3O3. The lowest BCUT2D eigenvalue weighted by molar-refractivity contribution is -0.383. The van der Waals surface area contributed by atoms with Crippen molar-refractivity contribution in [3.8, 4) is 16.9 Å². The number of hydrogen-bond donors (Lipinski definition) is 1. The molecule has 6 nitrogen and oxygen atoms in total. The maximum Gasteiger partial charge on any atom is 0.296 e. The van der Waals surface area contributed by atoms with Crippen molar-refractivity contribution in [2.24, 2.45) is 0 Å². The number of nitrogens with zero attached hydrogens (tertiary/aromatic N) is 2. The molecule has 1 heterocycles. The fraction of sp³-hybridized carbons (Fsp3) is 0.0556. The first-order valence-corrected chi connectivity index (χ1v) is 7.30. The zero-order valence-electron chi connectivity index (χ0n) is 12.8. The Morgan fingerprint density at radius 3 is 2.54 bits per heavy atom. The number of nitro benzene ring substituents is 1. The van der Waals surface area contributed by atoms with Gasteiger partial charge in [-0.1, -0.05) is 36.4 Å². The molecule has 0 aliphatic rings. The number of anilines is 1. The molecule has 0 atom stereocenters. The molecule has 0 amide bonds. The van der Waals surface area contributed by atoms with Crippen molar-refractivity contribution in [2.45, 2.75) is 6.61 Å². The van der Waals surface area contributed by atoms with Gasteiger partial charge in [0.05, 0.1) is 4.92 Å². The molecule has 0 saturated heterocycles. The van der Waals surface area contributed by atoms with E-state index in [2.05, 4.69) is 4.98 Å². The maximum atomic E-state index is 11.3. The molecule has 0 spiro atoms. The minimum atomic E-state index is -0.509. The molecule has 0 unspecified atom stereocenters. The van der Waals surface area contributed by atoms with Crippen LogP contribution in [-0.4, -0.2) is 9.91 Å². The number of nitro groups is 1. The molecule has 0 aliphatic carbocycles. The fourth-order valence-electron chi connectivity index (χ4n) is 2.32. The number of ether oxygens (including phenoxy) is 1. The third-order valence-electron chi connectivity index (χ3n) is 3.55. The van der Waals surface area contributed by atoms with Gasteiger partial charge in [-0.25, -0.2) is 0 Å². The third-order valence-corrected chi connectivity index (χ3v) is 3.55. The van der Waals surface area contributed by atoms with Gasteiger partial charge in [-0.15, -0.1) is 0 Å². The van der Waals surface area contributed by atoms with Crippen LogP contribution in [0.5, 0.6) is 5.75 Å². The van der Waals surface area contributed by atoms with Crippen LogP contribution < -0.4 is 10.5 Å². The molecule has 3 rings (SSSR count). The highest BCUT2D eigenvalue weighted by molar-refractivity contribution is 5.77. The van der Waals surface area contributed by atoms with Crippen molar-refractivity contribution >= 4 is 11.4 Å². The summed E-state index contributed by atoms with van der Waals surface area (Å²) in [6, 6.07) is 16.2. The highest BCUT2D eigenvalue weighted by Crippen LogP contribution is 2.37. The minimum absolute atomic E-state index is 0.0172. The van der Waals surface area contributed by atoms with Crippen LogP contribution in [0.4, 0.5) is 11.4 Å². The molecule has 0 radical (unpaired) electrons. The summed E-state index contributed by atoms with van der Waals surface area (Å²) < 4.78 is 5.73. The molecule has 0 bridgehead atoms. The molecule has 2 aromatic carbocycles. The molecule has 120 valence electrons. The quantitative estimate of drug-likeness (QED) is 0.438. The molecule has 2 N–H and O–H groups in total. The lowest BCUT2D eigenvalue weighted by atomic mass is 10.1. The van der Waals surface area contributed by atoms with Crippen LogP contribution in [0.25, 0.3) is 11.1 Å². The van der Waals surface area contributed by atoms with Crippen LogP contribution in [0.2, 0.25) is 0 Å². The molecule has 3 aromatic rings. The molecular weight excluding hydrogens is 306 g/mol. The predicted molar refractivity (Wildman–Crippen MR) is 91.5 cm³/mol. The van der Waals surface area contributed by atoms with Crippen LogP contribution in [0.3, 0.4) is 0 Å². The van der Waals surface area contributed by atoms with Crippen molar-refractivity contribution in [1.29, 1.82) is 0 Å². The second kappa shape index (κ2) is 6.78. The number of nitrogen functional groups attached to an aromatic ring is 1. The maximum absolute atomic E-state index is 11.3. The van der Waals surface area contributed by atoms with Crippen LogP contribution in [0.15, 0.2) is 67.0 Å². The zero-order chi connectivity index (χ0) is 16.9. The first-order chi connectivity index (χ1) is 11.6. The summed E-state index contributed by atoms with van der Waals surface area (Å²) in [6.45, 7) is 0.276. The first kappa shape index (κ1) is 15.5. The predicted octanol–water partition coefficient (Wildman–Crippen LogP) is 3.82. The van der Waals surface area contributed by atoms with Gasteiger partial charge in [0.2, 0.25) is 0 Å². The molecule has 1 aromatic heterocycles. The lowest BCUT2D eigenvalue weighted by Crippen LogP contribution is -2.02. The van der Waals surface area contributed by atoms with Gasteiger partial charge in [-0.05, 0) is 23.3 Å². The van der Waals surface area contributed by atoms with Gasteiger partial charge < -0.3 is 10.5 Å². The summed E-state index contributed by atoms with van der Waals surface area (Å²) in [6.07, 6.45) is 3.28. The Kier molecular flexibility index (Phi) is 4.38. The van der Waals surface area contributed by atoms with Gasteiger partial charge in [0, 0.05) is 24.0 Å². The Hall–Kier alpha value is -3.41. The van der Waals surface area contributed by atoms with Crippen LogP contribution >= 0.6 is 0 Å². The van der Waals surface area contributed by atoms with E-state index in [4.69, 9.17) is 10.5 Å². The number of pyridine rings is 1. The Balaban J connectivity index is 1.98. The van der Waals surface area contributed by atoms with E-state index in [-0.39, 0.29) is 23.7 Å². The smallest absolute Gasteiger partial charge is 0.296 e. The summed E-state index contributed by atoms with van der Waals surface area (Å²) in [7, 11) is 0. The van der Waals surface area contributed by atoms with Crippen LogP contribution in [0.1, 0.15) is 5.56 Å². The van der Waals surface area contributed by atoms with E-state index in [9.17, 15) is 10.1 Å². The second-order valence-corrected chi connectivity index (χ2v) is 5.18. The van der Waals surface area contributed by atoms with Crippen molar-refractivity contribution in [1.82, 2.24) is 4.98 Å². The fourth-order valence-corrected chi connectivity index (χ4v) is 2.32. The first-order valence-electron chi connectivity index (χ1n) is 7.30. The number of nitrogens with two attached hydrogens (primary N) is 1. The monoisotopic (exact) mass is 321 g/mol. The summed E-state index contributed by atoms with van der Waals surface area (Å²) in [5.41, 5.74) is 8.09. The molecule has 0 fully saturated rings. The van der Waals surface area contributed by atoms with Crippen molar-refractivity contribution in [2.75, 3.05) is 5.73 Å². The normalized spacial score (nSPS) is 10.3. The minimum Gasteiger partial charge on any atom is -0.486 e. The molecule has 24 heavy (non-hydrogen) atoms. The van der Waals surface area contributed by atoms with E-state index in [1.165, 1.54) is 6.07 Å². The van der Waals surface area contributed by atoms with E-state index in [0.29, 0.717) is 5.56 Å². The number of rotatable bonds is 5. The van der Waals surface area contributed by atoms with Gasteiger partial charge in [0.15, 0.2) is 5.69 Å². The third kappa shape index (κ3) is 3.33. The highest BCUT2D eigenvalue weighted by Gasteiger charge is 2.19. The largest absolute Gasteiger partial charge is 0.486 e. The van der Waals surface area contributed by atoms with E-state index in [0.717, 1.165) is 11.1 Å². The molecule has 0 saturated carbocycles. The Morgan fingerprint density at radius 1 is 1.08 bits per heavy atom. The number of benzene rings is 2. The average Bonchev–Trinajstić information content (AvgIpc) is 2.62. The standard InChI is InChI=1S/C18H15N3O3/c19-18-16(21(22)23)9-15(14-7-4-8-20-11-14)10-17(18)24-12-13-5-2-1-3-6-13/h1-11H,12,19H2. The van der Waals surface area contributed by atoms with E-state index in [1.54, 1.807) is 24.5 Å². The summed E-state index contributed by atoms with van der Waals surface area (Å²) in [4.78, 5) is 14.8. The van der Waals surface area contributed by atoms with Crippen LogP contribution in [0, 0.1) is 10.1 Å². The van der Waals surface area contributed by atoms with E-state index in [1.807, 2.05) is 36.4 Å². The van der Waals surface area contributed by atoms with Gasteiger partial charge in [0.25, 0.3) is 5.69 Å². The van der Waals surface area contributed by atoms with Crippen molar-refractivity contribution < 1.29 is 9.66 Å². The van der Waals surface area contributed by atoms with Gasteiger partial charge in [-0.2, -0.15) is 0 Å². The van der Waals surface area contributed by atoms with E-state index >= 15 is 0 Å². The molecule has 0 aliphatic heterocycles. The highest BCUT2D eigenvalue weighted by atomic mass is 16.6. The van der Waals surface area contributed by atoms with Crippen LogP contribution in [-0.2, 0) is 6.61 Å². The van der Waals surface area contributed by atoms with E-state index < -0.39 is 4.92 Å². The summed E-state index contributed by atoms with van der Waals surface area (Å²) in [5, 5.41) is 11.3. The molecule has 6 heteroatoms. The summed E-state index contributed by atoms with van der Waals surface area (Å²) >= 11 is 0. The Labute approximate surface area is 138 Å². The van der Waals surface area contributed by atoms with Gasteiger partial charge in [0.1, 0.15) is 12.4 Å². The number of aromatic nitrogens is 1. The van der Waals surface area contributed by atoms with Crippen molar-refractivity contribution in [3.05, 3.63) is 82.7 Å². The topological polar surface area (TPSA) is 91.3 Å². The summed E-state index contributed by atoms with van der Waals surface area (Å²) in [5.74, 6) is 0.284. The SMILES string of the molecule is Nc1c(OCc2ccccc2)cc(-c2cccnc2)cc1[N+](=O)[O-]. The van der Waals surface area contributed by atoms with Crippen molar-refractivity contribution in [3.63, 3.8) is 0 Å². The number of hydrogen-bond acceptors (Lipinski definition) is 5. The van der Waals surface area contributed by atoms with Gasteiger partial charge >= 0.3 is 0 Å². The zero-order valence-corrected chi connectivity index (χ0v) is 12.8. The van der Waals surface area contributed by atoms with Gasteiger partial charge in [-0.3, -0.25) is 15.1 Å². The Bertz CT molecular complexity index is 852. The average molecular weight is 321 g/mol. The Morgan fingerprint density at radius 2 is 1.88 bits per heavy atom. The second-order valence-electron chi connectivity index (χ2n) is 5.18.